The minimum Gasteiger partial charge on any atom is -0.423 e. The molecular weight excluding hydrogens is 440 g/mol. The molecule has 0 bridgehead atoms. The zero-order chi connectivity index (χ0) is 25.2. The highest BCUT2D eigenvalue weighted by molar-refractivity contribution is 5.89. The third-order valence-electron chi connectivity index (χ3n) is 6.64. The largest absolute Gasteiger partial charge is 0.423 e. The highest BCUT2D eigenvalue weighted by Crippen LogP contribution is 2.42. The van der Waals surface area contributed by atoms with Gasteiger partial charge in [0.15, 0.2) is 0 Å². The summed E-state index contributed by atoms with van der Waals surface area (Å²) in [4.78, 5) is 24.0. The van der Waals surface area contributed by atoms with Gasteiger partial charge in [-0.15, -0.1) is 0 Å². The van der Waals surface area contributed by atoms with Gasteiger partial charge in [0.2, 0.25) is 0 Å². The number of methoxy groups -OCH3 is 1. The van der Waals surface area contributed by atoms with Gasteiger partial charge in [0, 0.05) is 13.2 Å². The Kier molecular flexibility index (Phi) is 9.86. The van der Waals surface area contributed by atoms with Gasteiger partial charge in [-0.05, 0) is 78.5 Å². The molecule has 0 atom stereocenters. The monoisotopic (exact) mass is 476 g/mol. The fourth-order valence-electron chi connectivity index (χ4n) is 4.67. The molecule has 186 valence electrons. The van der Waals surface area contributed by atoms with E-state index >= 15 is 0 Å². The van der Waals surface area contributed by atoms with Crippen molar-refractivity contribution in [3.05, 3.63) is 72.8 Å². The van der Waals surface area contributed by atoms with Crippen LogP contribution in [0.3, 0.4) is 0 Å². The maximum Gasteiger partial charge on any atom is 0.341 e. The van der Waals surface area contributed by atoms with E-state index in [4.69, 9.17) is 14.2 Å². The lowest BCUT2D eigenvalue weighted by molar-refractivity contribution is -0.131. The SMILES string of the molecule is C=CC(=O)Oc1ccc(-c2ccc(OC(=O)C(=C)COC)cc2)cc1C1CCC(CCCC)CC1. The maximum absolute atomic E-state index is 12.1. The van der Waals surface area contributed by atoms with Crippen molar-refractivity contribution in [2.24, 2.45) is 5.92 Å². The highest BCUT2D eigenvalue weighted by atomic mass is 16.5. The van der Waals surface area contributed by atoms with Crippen LogP contribution in [0, 0.1) is 5.92 Å². The Morgan fingerprint density at radius 2 is 1.69 bits per heavy atom. The molecule has 2 aromatic rings. The average molecular weight is 477 g/mol. The first-order chi connectivity index (χ1) is 16.9. The lowest BCUT2D eigenvalue weighted by atomic mass is 9.76. The Balaban J connectivity index is 1.79. The van der Waals surface area contributed by atoms with Gasteiger partial charge in [-0.3, -0.25) is 0 Å². The number of benzene rings is 2. The maximum atomic E-state index is 12.1. The quantitative estimate of drug-likeness (QED) is 0.198. The topological polar surface area (TPSA) is 61.8 Å². The van der Waals surface area contributed by atoms with Crippen molar-refractivity contribution >= 4 is 11.9 Å². The van der Waals surface area contributed by atoms with E-state index in [-0.39, 0.29) is 12.2 Å². The summed E-state index contributed by atoms with van der Waals surface area (Å²) in [6, 6.07) is 13.3. The van der Waals surface area contributed by atoms with E-state index in [1.54, 1.807) is 12.1 Å². The summed E-state index contributed by atoms with van der Waals surface area (Å²) in [7, 11) is 1.50. The van der Waals surface area contributed by atoms with Crippen molar-refractivity contribution in [2.75, 3.05) is 13.7 Å². The van der Waals surface area contributed by atoms with Crippen LogP contribution in [0.2, 0.25) is 0 Å². The summed E-state index contributed by atoms with van der Waals surface area (Å²) < 4.78 is 15.9. The molecule has 0 radical (unpaired) electrons. The summed E-state index contributed by atoms with van der Waals surface area (Å²) in [5.41, 5.74) is 3.33. The van der Waals surface area contributed by atoms with E-state index in [1.165, 1.54) is 45.3 Å². The van der Waals surface area contributed by atoms with E-state index in [0.717, 1.165) is 35.4 Å². The van der Waals surface area contributed by atoms with Crippen LogP contribution in [-0.2, 0) is 14.3 Å². The fraction of sp³-hybridized carbons (Fsp3) is 0.400. The molecule has 1 saturated carbocycles. The summed E-state index contributed by atoms with van der Waals surface area (Å²) in [6.45, 7) is 9.57. The van der Waals surface area contributed by atoms with Crippen LogP contribution in [0.5, 0.6) is 11.5 Å². The van der Waals surface area contributed by atoms with Gasteiger partial charge >= 0.3 is 11.9 Å². The van der Waals surface area contributed by atoms with Gasteiger partial charge in [0.25, 0.3) is 0 Å². The molecule has 2 aromatic carbocycles. The van der Waals surface area contributed by atoms with Crippen molar-refractivity contribution in [3.63, 3.8) is 0 Å². The van der Waals surface area contributed by atoms with Gasteiger partial charge in [-0.2, -0.15) is 0 Å². The third-order valence-corrected chi connectivity index (χ3v) is 6.64. The Morgan fingerprint density at radius 1 is 1.00 bits per heavy atom. The van der Waals surface area contributed by atoms with Crippen LogP contribution in [0.4, 0.5) is 0 Å². The molecule has 0 saturated heterocycles. The molecule has 0 N–H and O–H groups in total. The molecule has 0 aromatic heterocycles. The lowest BCUT2D eigenvalue weighted by Crippen LogP contribution is -2.15. The van der Waals surface area contributed by atoms with Gasteiger partial charge in [-0.25, -0.2) is 9.59 Å². The molecule has 0 unspecified atom stereocenters. The molecule has 5 heteroatoms. The number of hydrogen-bond acceptors (Lipinski definition) is 5. The van der Waals surface area contributed by atoms with E-state index in [2.05, 4.69) is 26.1 Å². The van der Waals surface area contributed by atoms with Crippen molar-refractivity contribution in [1.29, 1.82) is 0 Å². The summed E-state index contributed by atoms with van der Waals surface area (Å²) in [5, 5.41) is 0. The van der Waals surface area contributed by atoms with Gasteiger partial charge in [0.1, 0.15) is 11.5 Å². The number of ether oxygens (including phenoxy) is 3. The number of esters is 2. The van der Waals surface area contributed by atoms with Gasteiger partial charge in [0.05, 0.1) is 12.2 Å². The van der Waals surface area contributed by atoms with Crippen molar-refractivity contribution in [3.8, 4) is 22.6 Å². The minimum absolute atomic E-state index is 0.128. The number of carbonyl (C=O) groups excluding carboxylic acids is 2. The van der Waals surface area contributed by atoms with Gasteiger partial charge in [-0.1, -0.05) is 57.5 Å². The van der Waals surface area contributed by atoms with Crippen molar-refractivity contribution in [1.82, 2.24) is 0 Å². The van der Waals surface area contributed by atoms with Crippen LogP contribution in [0.15, 0.2) is 67.3 Å². The number of unbranched alkanes of at least 4 members (excludes halogenated alkanes) is 1. The third kappa shape index (κ3) is 7.40. The van der Waals surface area contributed by atoms with E-state index < -0.39 is 11.9 Å². The summed E-state index contributed by atoms with van der Waals surface area (Å²) in [6.07, 6.45) is 9.63. The lowest BCUT2D eigenvalue weighted by Gasteiger charge is -2.30. The second kappa shape index (κ2) is 13.1. The second-order valence-electron chi connectivity index (χ2n) is 9.19. The molecule has 0 heterocycles. The molecule has 3 rings (SSSR count). The van der Waals surface area contributed by atoms with Crippen molar-refractivity contribution < 1.29 is 23.8 Å². The van der Waals surface area contributed by atoms with Gasteiger partial charge < -0.3 is 14.2 Å². The first kappa shape index (κ1) is 26.4. The Hall–Kier alpha value is -3.18. The van der Waals surface area contributed by atoms with Crippen molar-refractivity contribution in [2.45, 2.75) is 57.8 Å². The van der Waals surface area contributed by atoms with E-state index in [9.17, 15) is 9.59 Å². The van der Waals surface area contributed by atoms with E-state index in [1.807, 2.05) is 24.3 Å². The smallest absolute Gasteiger partial charge is 0.341 e. The number of carbonyl (C=O) groups is 2. The molecule has 1 aliphatic rings. The second-order valence-corrected chi connectivity index (χ2v) is 9.19. The molecule has 35 heavy (non-hydrogen) atoms. The predicted molar refractivity (Wildman–Crippen MR) is 139 cm³/mol. The van der Waals surface area contributed by atoms with Crippen LogP contribution >= 0.6 is 0 Å². The minimum atomic E-state index is -0.509. The average Bonchev–Trinajstić information content (AvgIpc) is 2.88. The normalized spacial score (nSPS) is 17.4. The Morgan fingerprint density at radius 3 is 2.31 bits per heavy atom. The number of hydrogen-bond donors (Lipinski definition) is 0. The van der Waals surface area contributed by atoms with E-state index in [0.29, 0.717) is 17.4 Å². The molecule has 5 nitrogen and oxygen atoms in total. The standard InChI is InChI=1S/C30H36O5/c1-5-7-8-22-9-11-24(12-10-22)27-19-25(15-18-28(27)35-29(31)6-2)23-13-16-26(17-14-23)34-30(32)21(3)20-33-4/h6,13-19,22,24H,2-3,5,7-12,20H2,1,4H3. The molecule has 0 amide bonds. The summed E-state index contributed by atoms with van der Waals surface area (Å²) >= 11 is 0. The molecule has 0 aliphatic heterocycles. The number of rotatable bonds is 11. The zero-order valence-electron chi connectivity index (χ0n) is 20.9. The fourth-order valence-corrected chi connectivity index (χ4v) is 4.67. The summed E-state index contributed by atoms with van der Waals surface area (Å²) in [5.74, 6) is 1.24. The van der Waals surface area contributed by atoms with Crippen LogP contribution in [0.1, 0.15) is 63.4 Å². The molecule has 0 spiro atoms. The Labute approximate surface area is 208 Å². The molecular formula is C30H36O5. The zero-order valence-corrected chi connectivity index (χ0v) is 20.9. The van der Waals surface area contributed by atoms with Crippen LogP contribution in [-0.4, -0.2) is 25.7 Å². The first-order valence-electron chi connectivity index (χ1n) is 12.4. The molecule has 1 aliphatic carbocycles. The highest BCUT2D eigenvalue weighted by Gasteiger charge is 2.25. The van der Waals surface area contributed by atoms with Crippen LogP contribution in [0.25, 0.3) is 11.1 Å². The Bertz CT molecular complexity index is 1030. The first-order valence-corrected chi connectivity index (χ1v) is 12.4. The molecule has 1 fully saturated rings. The predicted octanol–water partition coefficient (Wildman–Crippen LogP) is 7.02. The van der Waals surface area contributed by atoms with Crippen LogP contribution < -0.4 is 9.47 Å².